The van der Waals surface area contributed by atoms with E-state index in [1.54, 1.807) is 13.8 Å². The third-order valence-electron chi connectivity index (χ3n) is 5.59. The van der Waals surface area contributed by atoms with Crippen LogP contribution >= 0.6 is 24.2 Å². The summed E-state index contributed by atoms with van der Waals surface area (Å²) < 4.78 is 0. The predicted molar refractivity (Wildman–Crippen MR) is 127 cm³/mol. The fourth-order valence-electron chi connectivity index (χ4n) is 3.89. The minimum Gasteiger partial charge on any atom is -0.368 e. The Balaban J connectivity index is 0.00000320. The molecule has 2 aliphatic rings. The summed E-state index contributed by atoms with van der Waals surface area (Å²) in [7, 11) is 0. The number of piperazine rings is 1. The van der Waals surface area contributed by atoms with Crippen molar-refractivity contribution >= 4 is 41.8 Å². The average Bonchev–Trinajstić information content (AvgIpc) is 2.91. The first-order valence-electron chi connectivity index (χ1n) is 10.8. The first-order chi connectivity index (χ1) is 13.9. The van der Waals surface area contributed by atoms with Crippen molar-refractivity contribution < 1.29 is 9.59 Å². The number of carbonyl (C=O) groups is 2. The Morgan fingerprint density at radius 3 is 2.33 bits per heavy atom. The van der Waals surface area contributed by atoms with Crippen LogP contribution in [0.25, 0.3) is 0 Å². The van der Waals surface area contributed by atoms with Crippen LogP contribution in [-0.4, -0.2) is 72.3 Å². The number of anilines is 1. The van der Waals surface area contributed by atoms with Gasteiger partial charge in [-0.25, -0.2) is 4.79 Å². The number of nitrogens with one attached hydrogen (secondary N) is 1. The maximum atomic E-state index is 12.2. The highest BCUT2D eigenvalue weighted by Crippen LogP contribution is 2.31. The second kappa shape index (κ2) is 11.3. The lowest BCUT2D eigenvalue weighted by Crippen LogP contribution is -2.46. The van der Waals surface area contributed by atoms with Crippen LogP contribution in [0.1, 0.15) is 40.0 Å². The third-order valence-corrected chi connectivity index (χ3v) is 6.86. The van der Waals surface area contributed by atoms with Gasteiger partial charge in [-0.05, 0) is 57.5 Å². The van der Waals surface area contributed by atoms with Gasteiger partial charge in [0, 0.05) is 37.6 Å². The van der Waals surface area contributed by atoms with E-state index in [9.17, 15) is 9.59 Å². The van der Waals surface area contributed by atoms with E-state index in [0.29, 0.717) is 6.54 Å². The third kappa shape index (κ3) is 6.05. The number of unbranched alkanes of at least 4 members (excludes halogenated alkanes) is 1. The molecule has 3 rings (SSSR count). The van der Waals surface area contributed by atoms with Gasteiger partial charge >= 0.3 is 6.03 Å². The molecule has 8 heteroatoms. The number of carbonyl (C=O) groups excluding carboxylic acids is 2. The average molecular weight is 455 g/mol. The van der Waals surface area contributed by atoms with Crippen molar-refractivity contribution in [3.63, 3.8) is 0 Å². The van der Waals surface area contributed by atoms with Gasteiger partial charge in [-0.2, -0.15) is 0 Å². The van der Waals surface area contributed by atoms with Crippen molar-refractivity contribution in [2.24, 2.45) is 0 Å². The normalized spacial score (nSPS) is 19.0. The highest BCUT2D eigenvalue weighted by atomic mass is 35.5. The lowest BCUT2D eigenvalue weighted by atomic mass is 10.1. The van der Waals surface area contributed by atoms with Crippen LogP contribution in [0.2, 0.25) is 0 Å². The van der Waals surface area contributed by atoms with Crippen LogP contribution in [-0.2, 0) is 4.79 Å². The number of hydrogen-bond acceptors (Lipinski definition) is 5. The van der Waals surface area contributed by atoms with Crippen LogP contribution in [0.3, 0.4) is 0 Å². The second-order valence-corrected chi connectivity index (χ2v) is 9.50. The molecule has 0 aromatic heterocycles. The van der Waals surface area contributed by atoms with Gasteiger partial charge in [0.2, 0.25) is 0 Å². The number of amides is 3. The highest BCUT2D eigenvalue weighted by Gasteiger charge is 2.43. The van der Waals surface area contributed by atoms with Gasteiger partial charge in [0.15, 0.2) is 0 Å². The number of rotatable bonds is 9. The van der Waals surface area contributed by atoms with E-state index in [2.05, 4.69) is 46.3 Å². The summed E-state index contributed by atoms with van der Waals surface area (Å²) in [6, 6.07) is 8.49. The monoisotopic (exact) mass is 454 g/mol. The summed E-state index contributed by atoms with van der Waals surface area (Å²) in [4.78, 5) is 31.9. The number of para-hydroxylation sites is 1. The number of urea groups is 1. The molecule has 1 N–H and O–H groups in total. The van der Waals surface area contributed by atoms with Crippen LogP contribution in [0, 0.1) is 0 Å². The zero-order valence-corrected chi connectivity index (χ0v) is 20.0. The molecule has 168 valence electrons. The van der Waals surface area contributed by atoms with Gasteiger partial charge in [-0.3, -0.25) is 14.6 Å². The fourth-order valence-corrected chi connectivity index (χ4v) is 4.84. The van der Waals surface area contributed by atoms with Gasteiger partial charge in [0.25, 0.3) is 5.91 Å². The van der Waals surface area contributed by atoms with Gasteiger partial charge in [-0.1, -0.05) is 19.1 Å². The Kier molecular flexibility index (Phi) is 9.31. The van der Waals surface area contributed by atoms with E-state index in [4.69, 9.17) is 0 Å². The summed E-state index contributed by atoms with van der Waals surface area (Å²) in [6.07, 6.45) is 3.04. The number of thioether (sulfide) groups is 1. The molecule has 3 amide bonds. The summed E-state index contributed by atoms with van der Waals surface area (Å²) in [5.74, 6) is 1.04. The molecule has 0 spiro atoms. The molecule has 0 atom stereocenters. The molecular weight excluding hydrogens is 420 g/mol. The number of nitrogens with zero attached hydrogens (tertiary/aromatic N) is 3. The van der Waals surface area contributed by atoms with E-state index in [0.717, 1.165) is 51.3 Å². The summed E-state index contributed by atoms with van der Waals surface area (Å²) in [6.45, 7) is 11.5. The van der Waals surface area contributed by atoms with Crippen molar-refractivity contribution in [3.05, 3.63) is 24.3 Å². The molecule has 2 heterocycles. The van der Waals surface area contributed by atoms with Crippen molar-refractivity contribution in [2.45, 2.75) is 50.5 Å². The maximum absolute atomic E-state index is 12.2. The minimum atomic E-state index is -0.765. The Morgan fingerprint density at radius 2 is 1.70 bits per heavy atom. The molecule has 0 aliphatic carbocycles. The molecule has 30 heavy (non-hydrogen) atoms. The Morgan fingerprint density at radius 1 is 1.03 bits per heavy atom. The summed E-state index contributed by atoms with van der Waals surface area (Å²) in [5, 5.41) is 2.74. The maximum Gasteiger partial charge on any atom is 0.325 e. The Bertz CT molecular complexity index is 723. The number of imide groups is 1. The predicted octanol–water partition coefficient (Wildman–Crippen LogP) is 3.84. The lowest BCUT2D eigenvalue weighted by Gasteiger charge is -2.37. The van der Waals surface area contributed by atoms with Crippen LogP contribution in [0.5, 0.6) is 0 Å². The standard InChI is InChI=1S/C22H34N4O2S.ClH/c1-4-17-29-19-10-6-5-9-18(19)25-15-13-24(14-16-25)11-7-8-12-26-20(27)22(2,3)23-21(26)28;/h5-6,9-10H,4,7-8,11-17H2,1-3H3,(H,23,28);1H. The smallest absolute Gasteiger partial charge is 0.325 e. The van der Waals surface area contributed by atoms with Crippen LogP contribution in [0.4, 0.5) is 10.5 Å². The van der Waals surface area contributed by atoms with Crippen molar-refractivity contribution in [2.75, 3.05) is 49.9 Å². The summed E-state index contributed by atoms with van der Waals surface area (Å²) in [5.41, 5.74) is 0.603. The molecule has 2 aliphatic heterocycles. The first kappa shape index (κ1) is 24.8. The van der Waals surface area contributed by atoms with Gasteiger partial charge in [0.1, 0.15) is 5.54 Å². The quantitative estimate of drug-likeness (QED) is 0.349. The van der Waals surface area contributed by atoms with E-state index in [1.807, 2.05) is 11.8 Å². The van der Waals surface area contributed by atoms with E-state index < -0.39 is 5.54 Å². The number of halogens is 1. The van der Waals surface area contributed by atoms with Gasteiger partial charge in [0.05, 0.1) is 5.69 Å². The topological polar surface area (TPSA) is 55.9 Å². The van der Waals surface area contributed by atoms with E-state index >= 15 is 0 Å². The molecule has 6 nitrogen and oxygen atoms in total. The zero-order valence-electron chi connectivity index (χ0n) is 18.4. The van der Waals surface area contributed by atoms with Crippen LogP contribution in [0.15, 0.2) is 29.2 Å². The highest BCUT2D eigenvalue weighted by molar-refractivity contribution is 7.99. The molecule has 2 saturated heterocycles. The number of hydrogen-bond donors (Lipinski definition) is 1. The Labute approximate surface area is 191 Å². The molecule has 0 radical (unpaired) electrons. The molecule has 1 aromatic carbocycles. The largest absolute Gasteiger partial charge is 0.368 e. The lowest BCUT2D eigenvalue weighted by molar-refractivity contribution is -0.130. The van der Waals surface area contributed by atoms with Crippen molar-refractivity contribution in [1.82, 2.24) is 15.1 Å². The minimum absolute atomic E-state index is 0. The number of benzene rings is 1. The van der Waals surface area contributed by atoms with Gasteiger partial charge in [-0.15, -0.1) is 24.2 Å². The molecule has 2 fully saturated rings. The first-order valence-corrected chi connectivity index (χ1v) is 11.7. The van der Waals surface area contributed by atoms with E-state index in [1.165, 1.54) is 21.9 Å². The molecule has 1 aromatic rings. The molecule has 0 saturated carbocycles. The fraction of sp³-hybridized carbons (Fsp3) is 0.636. The SMILES string of the molecule is CCCSc1ccccc1N1CCN(CCCCN2C(=O)NC(C)(C)C2=O)CC1.Cl. The molecule has 0 bridgehead atoms. The van der Waals surface area contributed by atoms with Crippen molar-refractivity contribution in [3.8, 4) is 0 Å². The van der Waals surface area contributed by atoms with Crippen molar-refractivity contribution in [1.29, 1.82) is 0 Å². The van der Waals surface area contributed by atoms with Gasteiger partial charge < -0.3 is 10.2 Å². The Hall–Kier alpha value is -1.44. The summed E-state index contributed by atoms with van der Waals surface area (Å²) >= 11 is 1.95. The molecular formula is C22H35ClN4O2S. The van der Waals surface area contributed by atoms with Crippen LogP contribution < -0.4 is 10.2 Å². The molecule has 0 unspecified atom stereocenters. The van der Waals surface area contributed by atoms with E-state index in [-0.39, 0.29) is 24.3 Å². The second-order valence-electron chi connectivity index (χ2n) is 8.36. The zero-order chi connectivity index (χ0) is 20.9.